The molecular formula is C4ClN3O2. The molecule has 10 heavy (non-hydrogen) atoms. The molecule has 0 aromatic carbocycles. The number of carbonyl (C=O) groups is 1. The van der Waals surface area contributed by atoms with Gasteiger partial charge in [0.25, 0.3) is 0 Å². The van der Waals surface area contributed by atoms with Crippen molar-refractivity contribution < 1.29 is 9.21 Å². The van der Waals surface area contributed by atoms with Crippen molar-refractivity contribution in [2.75, 3.05) is 0 Å². The van der Waals surface area contributed by atoms with Gasteiger partial charge in [0.1, 0.15) is 0 Å². The van der Waals surface area contributed by atoms with Crippen molar-refractivity contribution in [1.29, 1.82) is 5.26 Å². The van der Waals surface area contributed by atoms with Crippen molar-refractivity contribution in [2.24, 2.45) is 0 Å². The second kappa shape index (κ2) is 2.45. The Morgan fingerprint density at radius 1 is 1.70 bits per heavy atom. The quantitative estimate of drug-likeness (QED) is 0.549. The maximum absolute atomic E-state index is 10.2. The number of carbonyl (C=O) groups excluding carboxylic acids is 1. The van der Waals surface area contributed by atoms with Gasteiger partial charge in [-0.05, 0) is 11.6 Å². The molecule has 5 nitrogen and oxygen atoms in total. The first-order valence-electron chi connectivity index (χ1n) is 2.17. The molecule has 0 fully saturated rings. The normalized spacial score (nSPS) is 8.80. The van der Waals surface area contributed by atoms with Gasteiger partial charge in [-0.2, -0.15) is 5.26 Å². The van der Waals surface area contributed by atoms with Gasteiger partial charge in [0.15, 0.2) is 6.07 Å². The molecule has 0 unspecified atom stereocenters. The highest BCUT2D eigenvalue weighted by molar-refractivity contribution is 6.67. The maximum atomic E-state index is 10.2. The van der Waals surface area contributed by atoms with Gasteiger partial charge in [-0.15, -0.1) is 5.10 Å². The Morgan fingerprint density at radius 3 is 2.70 bits per heavy atom. The Kier molecular flexibility index (Phi) is 1.65. The van der Waals surface area contributed by atoms with Gasteiger partial charge in [-0.3, -0.25) is 4.79 Å². The van der Waals surface area contributed by atoms with Crippen molar-refractivity contribution in [3.63, 3.8) is 0 Å². The first-order valence-corrected chi connectivity index (χ1v) is 2.55. The summed E-state index contributed by atoms with van der Waals surface area (Å²) in [6, 6.07) is 1.55. The molecule has 1 rings (SSSR count). The van der Waals surface area contributed by atoms with Gasteiger partial charge in [0.2, 0.25) is 0 Å². The van der Waals surface area contributed by atoms with Crippen LogP contribution in [0.5, 0.6) is 0 Å². The highest BCUT2D eigenvalue weighted by Crippen LogP contribution is 2.00. The lowest BCUT2D eigenvalue weighted by molar-refractivity contribution is 0.105. The van der Waals surface area contributed by atoms with Crippen molar-refractivity contribution >= 4 is 16.8 Å². The molecule has 0 bridgehead atoms. The van der Waals surface area contributed by atoms with Crippen LogP contribution in [0.25, 0.3) is 0 Å². The summed E-state index contributed by atoms with van der Waals surface area (Å²) in [5, 5.41) is 13.6. The summed E-state index contributed by atoms with van der Waals surface area (Å²) in [6.45, 7) is 0. The van der Waals surface area contributed by atoms with E-state index < -0.39 is 5.24 Å². The highest BCUT2D eigenvalue weighted by atomic mass is 35.5. The smallest absolute Gasteiger partial charge is 0.321 e. The van der Waals surface area contributed by atoms with E-state index >= 15 is 0 Å². The molecular weight excluding hydrogens is 158 g/mol. The topological polar surface area (TPSA) is 79.8 Å². The number of rotatable bonds is 1. The van der Waals surface area contributed by atoms with Crippen LogP contribution in [0.1, 0.15) is 16.6 Å². The second-order valence-electron chi connectivity index (χ2n) is 1.30. The molecule has 0 aliphatic carbocycles. The zero-order valence-corrected chi connectivity index (χ0v) is 5.29. The Bertz CT molecular complexity index is 300. The summed E-state index contributed by atoms with van der Waals surface area (Å²) in [4.78, 5) is 10.2. The first kappa shape index (κ1) is 6.71. The van der Waals surface area contributed by atoms with E-state index in [-0.39, 0.29) is 11.8 Å². The number of halogens is 1. The average molecular weight is 158 g/mol. The van der Waals surface area contributed by atoms with Crippen LogP contribution in [0.15, 0.2) is 4.42 Å². The minimum atomic E-state index is -0.867. The lowest BCUT2D eigenvalue weighted by Crippen LogP contribution is -1.86. The summed E-state index contributed by atoms with van der Waals surface area (Å²) in [5.74, 6) is -0.637. The Balaban J connectivity index is 3.02. The van der Waals surface area contributed by atoms with Crippen LogP contribution in [0, 0.1) is 11.3 Å². The minimum Gasteiger partial charge on any atom is -0.405 e. The van der Waals surface area contributed by atoms with Crippen molar-refractivity contribution in [3.8, 4) is 6.07 Å². The fourth-order valence-electron chi connectivity index (χ4n) is 0.348. The molecule has 6 heteroatoms. The Labute approximate surface area is 60.2 Å². The van der Waals surface area contributed by atoms with E-state index in [9.17, 15) is 4.79 Å². The highest BCUT2D eigenvalue weighted by Gasteiger charge is 2.10. The van der Waals surface area contributed by atoms with Gasteiger partial charge in [0, 0.05) is 0 Å². The van der Waals surface area contributed by atoms with E-state index in [0.717, 1.165) is 0 Å². The molecule has 0 radical (unpaired) electrons. The Hall–Kier alpha value is -1.41. The van der Waals surface area contributed by atoms with E-state index in [2.05, 4.69) is 14.6 Å². The number of aromatic nitrogens is 2. The van der Waals surface area contributed by atoms with Gasteiger partial charge in [-0.1, -0.05) is 5.10 Å². The fraction of sp³-hybridized carbons (Fsp3) is 0. The van der Waals surface area contributed by atoms with Gasteiger partial charge in [0.05, 0.1) is 0 Å². The molecule has 0 saturated carbocycles. The van der Waals surface area contributed by atoms with Crippen LogP contribution in [0.2, 0.25) is 0 Å². The van der Waals surface area contributed by atoms with Crippen molar-refractivity contribution in [3.05, 3.63) is 11.8 Å². The molecule has 0 aliphatic rings. The monoisotopic (exact) mass is 157 g/mol. The average Bonchev–Trinajstić information content (AvgIpc) is 2.34. The zero-order valence-electron chi connectivity index (χ0n) is 4.54. The summed E-state index contributed by atoms with van der Waals surface area (Å²) in [5.41, 5.74) is 0. The predicted molar refractivity (Wildman–Crippen MR) is 29.2 cm³/mol. The predicted octanol–water partition coefficient (Wildman–Crippen LogP) is 0.320. The Morgan fingerprint density at radius 2 is 2.40 bits per heavy atom. The third-order valence-corrected chi connectivity index (χ3v) is 0.850. The van der Waals surface area contributed by atoms with Crippen LogP contribution in [0.3, 0.4) is 0 Å². The molecule has 1 aromatic rings. The summed E-state index contributed by atoms with van der Waals surface area (Å²) >= 11 is 4.93. The molecule has 0 N–H and O–H groups in total. The van der Waals surface area contributed by atoms with Crippen LogP contribution in [-0.4, -0.2) is 15.4 Å². The van der Waals surface area contributed by atoms with E-state index in [1.165, 1.54) is 0 Å². The van der Waals surface area contributed by atoms with E-state index in [0.29, 0.717) is 0 Å². The minimum absolute atomic E-state index is 0.274. The third-order valence-electron chi connectivity index (χ3n) is 0.689. The third kappa shape index (κ3) is 1.11. The van der Waals surface area contributed by atoms with Gasteiger partial charge >= 0.3 is 17.0 Å². The summed E-state index contributed by atoms with van der Waals surface area (Å²) in [7, 11) is 0. The number of hydrogen-bond acceptors (Lipinski definition) is 5. The standard InChI is InChI=1S/C4ClN3O2/c5-3(9)4-8-7-2(1-6)10-4. The molecule has 0 atom stereocenters. The van der Waals surface area contributed by atoms with E-state index in [1.807, 2.05) is 0 Å². The second-order valence-corrected chi connectivity index (χ2v) is 1.64. The van der Waals surface area contributed by atoms with Crippen LogP contribution >= 0.6 is 11.6 Å². The van der Waals surface area contributed by atoms with E-state index in [4.69, 9.17) is 16.9 Å². The van der Waals surface area contributed by atoms with Crippen LogP contribution < -0.4 is 0 Å². The lowest BCUT2D eigenvalue weighted by Gasteiger charge is -1.74. The number of nitrogens with zero attached hydrogens (tertiary/aromatic N) is 3. The van der Waals surface area contributed by atoms with Crippen molar-refractivity contribution in [2.45, 2.75) is 0 Å². The van der Waals surface area contributed by atoms with Crippen LogP contribution in [0.4, 0.5) is 0 Å². The summed E-state index contributed by atoms with van der Waals surface area (Å²) < 4.78 is 4.43. The number of hydrogen-bond donors (Lipinski definition) is 0. The molecule has 0 saturated heterocycles. The largest absolute Gasteiger partial charge is 0.405 e. The first-order chi connectivity index (χ1) is 4.74. The molecule has 0 spiro atoms. The molecule has 0 aliphatic heterocycles. The SMILES string of the molecule is N#Cc1nnc(C(=O)Cl)o1. The number of nitriles is 1. The molecule has 50 valence electrons. The maximum Gasteiger partial charge on any atom is 0.321 e. The zero-order chi connectivity index (χ0) is 7.56. The van der Waals surface area contributed by atoms with Crippen molar-refractivity contribution in [1.82, 2.24) is 10.2 Å². The van der Waals surface area contributed by atoms with Crippen LogP contribution in [-0.2, 0) is 0 Å². The van der Waals surface area contributed by atoms with Gasteiger partial charge < -0.3 is 4.42 Å². The molecule has 1 heterocycles. The lowest BCUT2D eigenvalue weighted by atomic mass is 10.7. The van der Waals surface area contributed by atoms with E-state index in [1.54, 1.807) is 6.07 Å². The summed E-state index contributed by atoms with van der Waals surface area (Å²) in [6.07, 6.45) is 0. The molecule has 0 amide bonds. The molecule has 1 aromatic heterocycles. The fourth-order valence-corrected chi connectivity index (χ4v) is 0.424. The van der Waals surface area contributed by atoms with Gasteiger partial charge in [-0.25, -0.2) is 0 Å².